The lowest BCUT2D eigenvalue weighted by Crippen LogP contribution is -2.11. The lowest BCUT2D eigenvalue weighted by Gasteiger charge is -2.01. The summed E-state index contributed by atoms with van der Waals surface area (Å²) in [6.07, 6.45) is 1.56. The van der Waals surface area contributed by atoms with Crippen molar-refractivity contribution in [2.45, 2.75) is 13.8 Å². The van der Waals surface area contributed by atoms with Gasteiger partial charge in [0.05, 0.1) is 22.6 Å². The van der Waals surface area contributed by atoms with E-state index >= 15 is 0 Å². The molecule has 0 fully saturated rings. The summed E-state index contributed by atoms with van der Waals surface area (Å²) >= 11 is 7.37. The fourth-order valence-electron chi connectivity index (χ4n) is 2.58. The fourth-order valence-corrected chi connectivity index (χ4v) is 3.88. The van der Waals surface area contributed by atoms with E-state index in [9.17, 15) is 14.4 Å². The molecule has 0 aliphatic rings. The maximum absolute atomic E-state index is 12.5. The second-order valence-corrected chi connectivity index (χ2v) is 7.20. The molecule has 0 amide bonds. The molecule has 0 spiro atoms. The largest absolute Gasteiger partial charge is 0.478 e. The second kappa shape index (κ2) is 7.95. The van der Waals surface area contributed by atoms with Crippen LogP contribution in [0.3, 0.4) is 0 Å². The number of thiophene rings is 1. The molecule has 2 aromatic heterocycles. The third kappa shape index (κ3) is 3.83. The number of nitrogens with zero attached hydrogens (tertiary/aromatic N) is 1. The zero-order valence-electron chi connectivity index (χ0n) is 14.9. The smallest absolute Gasteiger partial charge is 0.348 e. The number of carbonyl (C=O) groups is 2. The van der Waals surface area contributed by atoms with Gasteiger partial charge in [0.15, 0.2) is 5.82 Å². The van der Waals surface area contributed by atoms with Crippen molar-refractivity contribution in [3.8, 4) is 0 Å². The van der Waals surface area contributed by atoms with E-state index in [2.05, 4.69) is 9.97 Å². The normalized spacial score (nSPS) is 11.6. The minimum absolute atomic E-state index is 0.151. The van der Waals surface area contributed by atoms with Gasteiger partial charge in [0.2, 0.25) is 0 Å². The highest BCUT2D eigenvalue weighted by Crippen LogP contribution is 2.29. The van der Waals surface area contributed by atoms with E-state index in [1.807, 2.05) is 0 Å². The number of aromatic carboxylic acids is 1. The first-order valence-electron chi connectivity index (χ1n) is 8.23. The van der Waals surface area contributed by atoms with Crippen LogP contribution in [0.2, 0.25) is 0 Å². The number of carbonyl (C=O) groups excluding carboxylic acids is 1. The first-order valence-corrected chi connectivity index (χ1v) is 9.42. The molecule has 7 nitrogen and oxygen atoms in total. The number of carboxylic acid groups (broad SMARTS) is 1. The molecule has 0 atom stereocenters. The summed E-state index contributed by atoms with van der Waals surface area (Å²) in [6, 6.07) is 6.09. The Balaban J connectivity index is 2.02. The summed E-state index contributed by atoms with van der Waals surface area (Å²) in [5.74, 6) is -1.37. The van der Waals surface area contributed by atoms with Crippen LogP contribution in [0, 0.1) is 6.92 Å². The first kappa shape index (κ1) is 19.8. The van der Waals surface area contributed by atoms with Gasteiger partial charge in [0.25, 0.3) is 5.56 Å². The van der Waals surface area contributed by atoms with Gasteiger partial charge in [-0.05, 0) is 43.2 Å². The Bertz CT molecular complexity index is 1160. The van der Waals surface area contributed by atoms with Crippen molar-refractivity contribution in [2.24, 2.45) is 0 Å². The van der Waals surface area contributed by atoms with Crippen LogP contribution in [-0.2, 0) is 4.74 Å². The molecule has 144 valence electrons. The maximum Gasteiger partial charge on any atom is 0.348 e. The van der Waals surface area contributed by atoms with Crippen molar-refractivity contribution >= 4 is 56.2 Å². The van der Waals surface area contributed by atoms with E-state index < -0.39 is 17.5 Å². The molecular formula is C19H15ClN2O5S. The number of aromatic nitrogens is 2. The van der Waals surface area contributed by atoms with Crippen molar-refractivity contribution < 1.29 is 19.4 Å². The third-order valence-corrected chi connectivity index (χ3v) is 5.39. The Morgan fingerprint density at radius 3 is 2.61 bits per heavy atom. The quantitative estimate of drug-likeness (QED) is 0.608. The van der Waals surface area contributed by atoms with Crippen molar-refractivity contribution in [2.75, 3.05) is 6.61 Å². The first-order chi connectivity index (χ1) is 13.3. The molecule has 2 heterocycles. The van der Waals surface area contributed by atoms with Crippen molar-refractivity contribution in [3.63, 3.8) is 0 Å². The molecule has 9 heteroatoms. The maximum atomic E-state index is 12.5. The summed E-state index contributed by atoms with van der Waals surface area (Å²) in [4.78, 5) is 43.2. The Morgan fingerprint density at radius 1 is 1.32 bits per heavy atom. The molecule has 0 saturated heterocycles. The highest BCUT2D eigenvalue weighted by atomic mass is 35.5. The number of rotatable bonds is 5. The number of carboxylic acids is 1. The van der Waals surface area contributed by atoms with Crippen molar-refractivity contribution in [3.05, 3.63) is 62.0 Å². The molecule has 0 saturated carbocycles. The predicted octanol–water partition coefficient (Wildman–Crippen LogP) is 3.90. The van der Waals surface area contributed by atoms with E-state index in [0.29, 0.717) is 26.2 Å². The van der Waals surface area contributed by atoms with Gasteiger partial charge >= 0.3 is 11.9 Å². The number of esters is 1. The minimum Gasteiger partial charge on any atom is -0.478 e. The minimum atomic E-state index is -1.02. The number of hydrogen-bond donors (Lipinski definition) is 2. The lowest BCUT2D eigenvalue weighted by molar-refractivity contribution is 0.0531. The molecule has 3 rings (SSSR count). The molecule has 0 aliphatic heterocycles. The van der Waals surface area contributed by atoms with Gasteiger partial charge in [0, 0.05) is 0 Å². The third-order valence-electron chi connectivity index (χ3n) is 3.94. The summed E-state index contributed by atoms with van der Waals surface area (Å²) in [6.45, 7) is 3.61. The molecule has 2 N–H and O–H groups in total. The Kier molecular flexibility index (Phi) is 5.62. The number of fused-ring (bicyclic) bond motifs is 1. The van der Waals surface area contributed by atoms with Gasteiger partial charge in [0.1, 0.15) is 9.71 Å². The Morgan fingerprint density at radius 2 is 2.00 bits per heavy atom. The average molecular weight is 419 g/mol. The predicted molar refractivity (Wildman–Crippen MR) is 108 cm³/mol. The Hall–Kier alpha value is -2.97. The van der Waals surface area contributed by atoms with Gasteiger partial charge in [-0.2, -0.15) is 0 Å². The fraction of sp³-hybridized carbons (Fsp3) is 0.158. The number of aromatic amines is 1. The molecule has 3 aromatic rings. The number of nitrogens with one attached hydrogen (secondary N) is 1. The average Bonchev–Trinajstić information content (AvgIpc) is 2.99. The van der Waals surface area contributed by atoms with E-state index in [0.717, 1.165) is 11.3 Å². The van der Waals surface area contributed by atoms with Crippen LogP contribution in [-0.4, -0.2) is 33.6 Å². The van der Waals surface area contributed by atoms with Crippen LogP contribution in [0.5, 0.6) is 0 Å². The van der Waals surface area contributed by atoms with E-state index in [1.165, 1.54) is 12.1 Å². The number of hydrogen-bond acceptors (Lipinski definition) is 6. The SMILES string of the molecule is CCOC(=O)c1sc2nc(/C(Cl)=C/c3ccc(C(=O)O)cc3)[nH]c(=O)c2c1C. The number of benzene rings is 1. The molecule has 0 bridgehead atoms. The zero-order valence-corrected chi connectivity index (χ0v) is 16.5. The molecule has 0 aliphatic carbocycles. The summed E-state index contributed by atoms with van der Waals surface area (Å²) < 4.78 is 5.01. The standard InChI is InChI=1S/C19H15ClN2O5S/c1-3-27-19(26)14-9(2)13-16(23)21-15(22-17(13)28-14)12(20)8-10-4-6-11(7-5-10)18(24)25/h4-8H,3H2,1-2H3,(H,24,25)(H,21,22,23)/b12-8-. The lowest BCUT2D eigenvalue weighted by atomic mass is 10.1. The van der Waals surface area contributed by atoms with Crippen molar-refractivity contribution in [1.29, 1.82) is 0 Å². The number of H-pyrrole nitrogens is 1. The van der Waals surface area contributed by atoms with Crippen LogP contribution in [0.4, 0.5) is 0 Å². The van der Waals surface area contributed by atoms with Crippen LogP contribution < -0.4 is 5.56 Å². The monoisotopic (exact) mass is 418 g/mol. The topological polar surface area (TPSA) is 109 Å². The van der Waals surface area contributed by atoms with Gasteiger partial charge in [-0.15, -0.1) is 11.3 Å². The van der Waals surface area contributed by atoms with Crippen LogP contribution in [0.25, 0.3) is 21.3 Å². The second-order valence-electron chi connectivity index (χ2n) is 5.79. The zero-order chi connectivity index (χ0) is 20.4. The molecule has 0 unspecified atom stereocenters. The number of aryl methyl sites for hydroxylation is 1. The van der Waals surface area contributed by atoms with E-state index in [1.54, 1.807) is 32.1 Å². The van der Waals surface area contributed by atoms with E-state index in [4.69, 9.17) is 21.4 Å². The van der Waals surface area contributed by atoms with Crippen LogP contribution >= 0.6 is 22.9 Å². The highest BCUT2D eigenvalue weighted by molar-refractivity contribution is 7.20. The van der Waals surface area contributed by atoms with Gasteiger partial charge in [-0.1, -0.05) is 23.7 Å². The molecule has 1 aromatic carbocycles. The number of halogens is 1. The molecule has 28 heavy (non-hydrogen) atoms. The van der Waals surface area contributed by atoms with Crippen LogP contribution in [0.1, 0.15) is 43.9 Å². The Labute approximate surface area is 168 Å². The summed E-state index contributed by atoms with van der Waals surface area (Å²) in [5.41, 5.74) is 0.911. The van der Waals surface area contributed by atoms with Gasteiger partial charge in [-0.3, -0.25) is 4.79 Å². The summed E-state index contributed by atoms with van der Waals surface area (Å²) in [7, 11) is 0. The van der Waals surface area contributed by atoms with Crippen molar-refractivity contribution in [1.82, 2.24) is 9.97 Å². The van der Waals surface area contributed by atoms with Gasteiger partial charge in [-0.25, -0.2) is 14.6 Å². The van der Waals surface area contributed by atoms with E-state index in [-0.39, 0.29) is 23.0 Å². The number of ether oxygens (including phenoxy) is 1. The van der Waals surface area contributed by atoms with Gasteiger partial charge < -0.3 is 14.8 Å². The van der Waals surface area contributed by atoms with Crippen LogP contribution in [0.15, 0.2) is 29.1 Å². The molecular weight excluding hydrogens is 404 g/mol. The molecule has 0 radical (unpaired) electrons. The summed E-state index contributed by atoms with van der Waals surface area (Å²) in [5, 5.41) is 9.44. The highest BCUT2D eigenvalue weighted by Gasteiger charge is 2.20.